The lowest BCUT2D eigenvalue weighted by atomic mass is 9.86. The zero-order chi connectivity index (χ0) is 22.9. The molecule has 0 saturated heterocycles. The van der Waals surface area contributed by atoms with Crippen molar-refractivity contribution in [1.82, 2.24) is 5.43 Å². The Morgan fingerprint density at radius 1 is 1.10 bits per heavy atom. The van der Waals surface area contributed by atoms with Crippen molar-refractivity contribution in [2.45, 2.75) is 46.1 Å². The summed E-state index contributed by atoms with van der Waals surface area (Å²) >= 11 is 0. The number of phenolic OH excluding ortho intramolecular Hbond substituents is 1. The lowest BCUT2D eigenvalue weighted by Gasteiger charge is -2.36. The maximum Gasteiger partial charge on any atom is 0.271 e. The second-order valence-electron chi connectivity index (χ2n) is 7.87. The minimum atomic E-state index is -1.07. The minimum Gasteiger partial charge on any atom is -0.507 e. The Kier molecular flexibility index (Phi) is 5.79. The maximum atomic E-state index is 13.0. The molecule has 164 valence electrons. The van der Waals surface area contributed by atoms with E-state index in [1.165, 1.54) is 0 Å². The van der Waals surface area contributed by atoms with E-state index in [1.54, 1.807) is 31.2 Å². The Morgan fingerprint density at radius 2 is 1.74 bits per heavy atom. The smallest absolute Gasteiger partial charge is 0.271 e. The van der Waals surface area contributed by atoms with E-state index in [1.807, 2.05) is 20.8 Å². The highest BCUT2D eigenvalue weighted by atomic mass is 16.5. The molecule has 3 rings (SSSR count). The van der Waals surface area contributed by atoms with E-state index in [4.69, 9.17) is 16.2 Å². The fourth-order valence-corrected chi connectivity index (χ4v) is 3.56. The van der Waals surface area contributed by atoms with Crippen molar-refractivity contribution in [3.63, 3.8) is 0 Å². The SMILES string of the molecule is Cc1c(C)c2c(c(C)c1O)CCC(C)(C(=O)Nc1ccc(C(=O)NN=C(N)N)cc1)O2. The summed E-state index contributed by atoms with van der Waals surface area (Å²) in [5.74, 6) is -0.0933. The van der Waals surface area contributed by atoms with Crippen LogP contribution in [0.1, 0.15) is 46.0 Å². The molecule has 2 aromatic carbocycles. The first-order valence-electron chi connectivity index (χ1n) is 9.84. The van der Waals surface area contributed by atoms with Crippen LogP contribution in [-0.4, -0.2) is 28.5 Å². The molecule has 2 aromatic rings. The molecule has 1 unspecified atom stereocenters. The molecule has 0 aliphatic carbocycles. The number of hydrazone groups is 1. The third kappa shape index (κ3) is 4.25. The van der Waals surface area contributed by atoms with Crippen molar-refractivity contribution in [3.05, 3.63) is 52.1 Å². The molecule has 0 saturated carbocycles. The lowest BCUT2D eigenvalue weighted by Crippen LogP contribution is -2.48. The first-order chi connectivity index (χ1) is 14.5. The highest BCUT2D eigenvalue weighted by molar-refractivity contribution is 5.99. The number of carbonyl (C=O) groups excluding carboxylic acids is 2. The van der Waals surface area contributed by atoms with Crippen LogP contribution in [0.5, 0.6) is 11.5 Å². The molecule has 0 spiro atoms. The molecular formula is C22H27N5O4. The number of rotatable bonds is 4. The summed E-state index contributed by atoms with van der Waals surface area (Å²) in [6, 6.07) is 6.32. The third-order valence-corrected chi connectivity index (χ3v) is 5.69. The fraction of sp³-hybridized carbons (Fsp3) is 0.318. The van der Waals surface area contributed by atoms with E-state index in [9.17, 15) is 14.7 Å². The van der Waals surface area contributed by atoms with Crippen LogP contribution < -0.4 is 26.9 Å². The van der Waals surface area contributed by atoms with Gasteiger partial charge in [0.05, 0.1) is 0 Å². The molecular weight excluding hydrogens is 398 g/mol. The zero-order valence-electron chi connectivity index (χ0n) is 18.0. The summed E-state index contributed by atoms with van der Waals surface area (Å²) < 4.78 is 6.19. The van der Waals surface area contributed by atoms with Gasteiger partial charge in [0.1, 0.15) is 11.5 Å². The number of guanidine groups is 1. The van der Waals surface area contributed by atoms with Crippen LogP contribution in [0.4, 0.5) is 5.69 Å². The molecule has 1 aliphatic heterocycles. The van der Waals surface area contributed by atoms with E-state index in [-0.39, 0.29) is 17.6 Å². The van der Waals surface area contributed by atoms with Gasteiger partial charge in [0.15, 0.2) is 5.60 Å². The largest absolute Gasteiger partial charge is 0.507 e. The Bertz CT molecular complexity index is 1070. The van der Waals surface area contributed by atoms with Crippen molar-refractivity contribution in [1.29, 1.82) is 0 Å². The van der Waals surface area contributed by atoms with E-state index in [0.29, 0.717) is 29.8 Å². The molecule has 31 heavy (non-hydrogen) atoms. The van der Waals surface area contributed by atoms with Crippen LogP contribution in [0.15, 0.2) is 29.4 Å². The average molecular weight is 425 g/mol. The Hall–Kier alpha value is -3.75. The Balaban J connectivity index is 1.76. The number of phenols is 1. The minimum absolute atomic E-state index is 0.254. The van der Waals surface area contributed by atoms with Gasteiger partial charge < -0.3 is 26.6 Å². The number of carbonyl (C=O) groups is 2. The van der Waals surface area contributed by atoms with E-state index >= 15 is 0 Å². The summed E-state index contributed by atoms with van der Waals surface area (Å²) in [6.07, 6.45) is 1.08. The molecule has 0 radical (unpaired) electrons. The van der Waals surface area contributed by atoms with Gasteiger partial charge in [-0.3, -0.25) is 9.59 Å². The summed E-state index contributed by atoms with van der Waals surface area (Å²) in [7, 11) is 0. The van der Waals surface area contributed by atoms with E-state index in [2.05, 4.69) is 15.8 Å². The number of aromatic hydroxyl groups is 1. The van der Waals surface area contributed by atoms with Crippen molar-refractivity contribution >= 4 is 23.5 Å². The van der Waals surface area contributed by atoms with Gasteiger partial charge in [-0.1, -0.05) is 0 Å². The second-order valence-corrected chi connectivity index (χ2v) is 7.87. The number of nitrogens with zero attached hydrogens (tertiary/aromatic N) is 1. The van der Waals surface area contributed by atoms with E-state index < -0.39 is 11.5 Å². The van der Waals surface area contributed by atoms with Crippen LogP contribution in [0.2, 0.25) is 0 Å². The molecule has 9 heteroatoms. The topological polar surface area (TPSA) is 152 Å². The standard InChI is InChI=1S/C22H27N5O4/c1-11-12(2)18-16(13(3)17(11)28)9-10-22(4,31-18)20(30)25-15-7-5-14(6-8-15)19(29)26-27-21(23)24/h5-8,28H,9-10H2,1-4H3,(H,25,30)(H,26,29)(H4,23,24,27). The number of benzene rings is 2. The quantitative estimate of drug-likeness (QED) is 0.287. The molecule has 9 nitrogen and oxygen atoms in total. The molecule has 2 amide bonds. The van der Waals surface area contributed by atoms with Crippen molar-refractivity contribution in [2.24, 2.45) is 16.6 Å². The van der Waals surface area contributed by atoms with Gasteiger partial charge in [-0.15, -0.1) is 5.10 Å². The summed E-state index contributed by atoms with van der Waals surface area (Å²) in [4.78, 5) is 25.0. The fourth-order valence-electron chi connectivity index (χ4n) is 3.56. The van der Waals surface area contributed by atoms with Crippen molar-refractivity contribution in [3.8, 4) is 11.5 Å². The molecule has 1 atom stereocenters. The van der Waals surface area contributed by atoms with Gasteiger partial charge >= 0.3 is 0 Å². The number of nitrogens with two attached hydrogens (primary N) is 2. The van der Waals surface area contributed by atoms with Gasteiger partial charge in [0.2, 0.25) is 5.96 Å². The first-order valence-corrected chi connectivity index (χ1v) is 9.84. The van der Waals surface area contributed by atoms with Gasteiger partial charge in [-0.25, -0.2) is 5.43 Å². The number of nitrogens with one attached hydrogen (secondary N) is 2. The zero-order valence-corrected chi connectivity index (χ0v) is 18.0. The Labute approximate surface area is 180 Å². The molecule has 1 aliphatic rings. The van der Waals surface area contributed by atoms with Crippen LogP contribution >= 0.6 is 0 Å². The number of fused-ring (bicyclic) bond motifs is 1. The third-order valence-electron chi connectivity index (χ3n) is 5.69. The molecule has 7 N–H and O–H groups in total. The Morgan fingerprint density at radius 3 is 2.35 bits per heavy atom. The highest BCUT2D eigenvalue weighted by Crippen LogP contribution is 2.43. The van der Waals surface area contributed by atoms with E-state index in [0.717, 1.165) is 22.3 Å². The number of hydrogen-bond acceptors (Lipinski definition) is 5. The molecule has 0 aromatic heterocycles. The summed E-state index contributed by atoms with van der Waals surface area (Å²) in [5.41, 5.74) is 15.7. The van der Waals surface area contributed by atoms with Crippen LogP contribution in [-0.2, 0) is 11.2 Å². The van der Waals surface area contributed by atoms with Crippen LogP contribution in [0, 0.1) is 20.8 Å². The maximum absolute atomic E-state index is 13.0. The number of hydrogen-bond donors (Lipinski definition) is 5. The predicted molar refractivity (Wildman–Crippen MR) is 118 cm³/mol. The second kappa shape index (κ2) is 8.17. The summed E-state index contributed by atoms with van der Waals surface area (Å²) in [6.45, 7) is 7.32. The highest BCUT2D eigenvalue weighted by Gasteiger charge is 2.40. The first kappa shape index (κ1) is 21.9. The number of amides is 2. The van der Waals surface area contributed by atoms with Crippen molar-refractivity contribution < 1.29 is 19.4 Å². The number of ether oxygens (including phenoxy) is 1. The molecule has 0 bridgehead atoms. The van der Waals surface area contributed by atoms with Gasteiger partial charge in [0.25, 0.3) is 11.8 Å². The van der Waals surface area contributed by atoms with Crippen molar-refractivity contribution in [2.75, 3.05) is 5.32 Å². The van der Waals surface area contributed by atoms with Crippen LogP contribution in [0.25, 0.3) is 0 Å². The number of anilines is 1. The van der Waals surface area contributed by atoms with Gasteiger partial charge in [0, 0.05) is 23.2 Å². The van der Waals surface area contributed by atoms with Gasteiger partial charge in [-0.05, 0) is 75.1 Å². The van der Waals surface area contributed by atoms with Crippen LogP contribution in [0.3, 0.4) is 0 Å². The average Bonchev–Trinajstić information content (AvgIpc) is 2.75. The predicted octanol–water partition coefficient (Wildman–Crippen LogP) is 1.96. The molecule has 1 heterocycles. The monoisotopic (exact) mass is 425 g/mol. The van der Waals surface area contributed by atoms with Gasteiger partial charge in [-0.2, -0.15) is 0 Å². The molecule has 0 fully saturated rings. The lowest BCUT2D eigenvalue weighted by molar-refractivity contribution is -0.131. The normalized spacial score (nSPS) is 17.2. The summed E-state index contributed by atoms with van der Waals surface area (Å²) in [5, 5.41) is 16.6.